The van der Waals surface area contributed by atoms with Crippen LogP contribution in [-0.4, -0.2) is 16.0 Å². The summed E-state index contributed by atoms with van der Waals surface area (Å²) in [5.74, 6) is 0.748. The van der Waals surface area contributed by atoms with Gasteiger partial charge in [0.1, 0.15) is 0 Å². The molecule has 1 aliphatic carbocycles. The molecule has 0 atom stereocenters. The minimum atomic E-state index is 0.585. The molecular weight excluding hydrogens is 234 g/mol. The van der Waals surface area contributed by atoms with Crippen LogP contribution in [0.25, 0.3) is 11.3 Å². The van der Waals surface area contributed by atoms with Gasteiger partial charge in [0.25, 0.3) is 0 Å². The van der Waals surface area contributed by atoms with E-state index < -0.39 is 0 Å². The van der Waals surface area contributed by atoms with Gasteiger partial charge < -0.3 is 5.32 Å². The van der Waals surface area contributed by atoms with Gasteiger partial charge in [0.15, 0.2) is 0 Å². The summed E-state index contributed by atoms with van der Waals surface area (Å²) < 4.78 is 0. The van der Waals surface area contributed by atoms with Crippen LogP contribution in [0.15, 0.2) is 36.5 Å². The zero-order valence-corrected chi connectivity index (χ0v) is 11.3. The molecule has 0 amide bonds. The monoisotopic (exact) mass is 253 g/mol. The molecule has 3 rings (SSSR count). The summed E-state index contributed by atoms with van der Waals surface area (Å²) in [6.07, 6.45) is 6.62. The molecule has 98 valence electrons. The zero-order chi connectivity index (χ0) is 13.1. The van der Waals surface area contributed by atoms with Crippen molar-refractivity contribution in [1.29, 1.82) is 0 Å². The minimum absolute atomic E-state index is 0.585. The molecule has 3 heteroatoms. The third-order valence-corrected chi connectivity index (χ3v) is 3.35. The standard InChI is InChI=1S/C16H19N3/c1-2-3-12-4-6-13(7-5-12)15-10-11-17-16(19-15)18-14-8-9-14/h4-7,10-11,14H,2-3,8-9H2,1H3,(H,17,18,19). The molecule has 1 aromatic heterocycles. The Morgan fingerprint density at radius 2 is 1.95 bits per heavy atom. The van der Waals surface area contributed by atoms with Crippen molar-refractivity contribution in [2.24, 2.45) is 0 Å². The highest BCUT2D eigenvalue weighted by Gasteiger charge is 2.21. The highest BCUT2D eigenvalue weighted by molar-refractivity contribution is 5.60. The lowest BCUT2D eigenvalue weighted by Crippen LogP contribution is -2.05. The third-order valence-electron chi connectivity index (χ3n) is 3.35. The average Bonchev–Trinajstić information content (AvgIpc) is 3.24. The van der Waals surface area contributed by atoms with E-state index in [1.807, 2.05) is 12.3 Å². The van der Waals surface area contributed by atoms with Gasteiger partial charge in [-0.3, -0.25) is 0 Å². The van der Waals surface area contributed by atoms with Crippen LogP contribution in [0.5, 0.6) is 0 Å². The molecule has 1 heterocycles. The number of benzene rings is 1. The molecule has 3 nitrogen and oxygen atoms in total. The zero-order valence-electron chi connectivity index (χ0n) is 11.3. The number of aromatic nitrogens is 2. The maximum Gasteiger partial charge on any atom is 0.223 e. The predicted octanol–water partition coefficient (Wildman–Crippen LogP) is 3.67. The van der Waals surface area contributed by atoms with Gasteiger partial charge >= 0.3 is 0 Å². The molecule has 19 heavy (non-hydrogen) atoms. The van der Waals surface area contributed by atoms with Crippen molar-refractivity contribution >= 4 is 5.95 Å². The molecule has 1 fully saturated rings. The van der Waals surface area contributed by atoms with E-state index in [-0.39, 0.29) is 0 Å². The fourth-order valence-electron chi connectivity index (χ4n) is 2.13. The van der Waals surface area contributed by atoms with Gasteiger partial charge in [0, 0.05) is 17.8 Å². The van der Waals surface area contributed by atoms with Crippen molar-refractivity contribution in [3.05, 3.63) is 42.1 Å². The van der Waals surface area contributed by atoms with E-state index >= 15 is 0 Å². The SMILES string of the molecule is CCCc1ccc(-c2ccnc(NC3CC3)n2)cc1. The van der Waals surface area contributed by atoms with Crippen LogP contribution in [-0.2, 0) is 6.42 Å². The Labute approximate surface area is 114 Å². The van der Waals surface area contributed by atoms with Crippen LogP contribution in [0, 0.1) is 0 Å². The summed E-state index contributed by atoms with van der Waals surface area (Å²) in [7, 11) is 0. The summed E-state index contributed by atoms with van der Waals surface area (Å²) in [4.78, 5) is 8.85. The van der Waals surface area contributed by atoms with Crippen molar-refractivity contribution in [1.82, 2.24) is 9.97 Å². The average molecular weight is 253 g/mol. The lowest BCUT2D eigenvalue weighted by Gasteiger charge is -2.06. The largest absolute Gasteiger partial charge is 0.351 e. The Morgan fingerprint density at radius 3 is 2.63 bits per heavy atom. The van der Waals surface area contributed by atoms with Gasteiger partial charge in [-0.15, -0.1) is 0 Å². The van der Waals surface area contributed by atoms with Gasteiger partial charge in [-0.1, -0.05) is 37.6 Å². The molecule has 1 aromatic carbocycles. The molecule has 0 radical (unpaired) electrons. The van der Waals surface area contributed by atoms with E-state index in [0.717, 1.165) is 23.6 Å². The van der Waals surface area contributed by atoms with E-state index in [4.69, 9.17) is 0 Å². The lowest BCUT2D eigenvalue weighted by atomic mass is 10.1. The number of hydrogen-bond donors (Lipinski definition) is 1. The summed E-state index contributed by atoms with van der Waals surface area (Å²) >= 11 is 0. The first-order valence-corrected chi connectivity index (χ1v) is 7.04. The van der Waals surface area contributed by atoms with E-state index in [1.54, 1.807) is 0 Å². The van der Waals surface area contributed by atoms with Crippen molar-refractivity contribution in [2.75, 3.05) is 5.32 Å². The first-order valence-electron chi connectivity index (χ1n) is 7.04. The highest BCUT2D eigenvalue weighted by Crippen LogP contribution is 2.24. The van der Waals surface area contributed by atoms with Crippen molar-refractivity contribution in [3.63, 3.8) is 0 Å². The van der Waals surface area contributed by atoms with Gasteiger partial charge in [0.05, 0.1) is 5.69 Å². The van der Waals surface area contributed by atoms with Gasteiger partial charge in [-0.2, -0.15) is 0 Å². The quantitative estimate of drug-likeness (QED) is 0.883. The topological polar surface area (TPSA) is 37.8 Å². The fourth-order valence-corrected chi connectivity index (χ4v) is 2.13. The number of rotatable bonds is 5. The van der Waals surface area contributed by atoms with Crippen LogP contribution in [0.4, 0.5) is 5.95 Å². The van der Waals surface area contributed by atoms with Crippen LogP contribution >= 0.6 is 0 Å². The molecule has 0 saturated heterocycles. The fraction of sp³-hybridized carbons (Fsp3) is 0.375. The van der Waals surface area contributed by atoms with Crippen LogP contribution in [0.3, 0.4) is 0 Å². The van der Waals surface area contributed by atoms with Gasteiger partial charge in [0.2, 0.25) is 5.95 Å². The molecule has 0 spiro atoms. The summed E-state index contributed by atoms with van der Waals surface area (Å²) in [5, 5.41) is 3.34. The number of nitrogens with zero attached hydrogens (tertiary/aromatic N) is 2. The maximum atomic E-state index is 4.58. The van der Waals surface area contributed by atoms with Gasteiger partial charge in [-0.25, -0.2) is 9.97 Å². The summed E-state index contributed by atoms with van der Waals surface area (Å²) in [6, 6.07) is 11.2. The second-order valence-electron chi connectivity index (χ2n) is 5.13. The number of aryl methyl sites for hydroxylation is 1. The van der Waals surface area contributed by atoms with Crippen LogP contribution < -0.4 is 5.32 Å². The van der Waals surface area contributed by atoms with Crippen LogP contribution in [0.2, 0.25) is 0 Å². The molecule has 2 aromatic rings. The Hall–Kier alpha value is -1.90. The molecule has 1 aliphatic rings. The first kappa shape index (κ1) is 12.2. The van der Waals surface area contributed by atoms with Crippen LogP contribution in [0.1, 0.15) is 31.7 Å². The normalized spacial score (nSPS) is 14.4. The van der Waals surface area contributed by atoms with E-state index in [1.165, 1.54) is 24.8 Å². The summed E-state index contributed by atoms with van der Waals surface area (Å²) in [5.41, 5.74) is 3.53. The molecule has 0 aliphatic heterocycles. The number of nitrogens with one attached hydrogen (secondary N) is 1. The smallest absolute Gasteiger partial charge is 0.223 e. The Morgan fingerprint density at radius 1 is 1.16 bits per heavy atom. The summed E-state index contributed by atoms with van der Waals surface area (Å²) in [6.45, 7) is 2.20. The highest BCUT2D eigenvalue weighted by atomic mass is 15.1. The Bertz CT molecular complexity index is 544. The minimum Gasteiger partial charge on any atom is -0.351 e. The molecule has 0 unspecified atom stereocenters. The van der Waals surface area contributed by atoms with E-state index in [2.05, 4.69) is 46.5 Å². The molecular formula is C16H19N3. The molecule has 1 saturated carbocycles. The number of hydrogen-bond acceptors (Lipinski definition) is 3. The van der Waals surface area contributed by atoms with E-state index in [0.29, 0.717) is 6.04 Å². The van der Waals surface area contributed by atoms with E-state index in [9.17, 15) is 0 Å². The number of anilines is 1. The molecule has 0 bridgehead atoms. The first-order chi connectivity index (χ1) is 9.35. The molecule has 1 N–H and O–H groups in total. The second-order valence-corrected chi connectivity index (χ2v) is 5.13. The van der Waals surface area contributed by atoms with Crippen molar-refractivity contribution < 1.29 is 0 Å². The maximum absolute atomic E-state index is 4.58. The predicted molar refractivity (Wildman–Crippen MR) is 78.1 cm³/mol. The lowest BCUT2D eigenvalue weighted by molar-refractivity contribution is 0.922. The Kier molecular flexibility index (Phi) is 3.45. The third kappa shape index (κ3) is 3.11. The Balaban J connectivity index is 1.79. The van der Waals surface area contributed by atoms with Crippen molar-refractivity contribution in [2.45, 2.75) is 38.6 Å². The van der Waals surface area contributed by atoms with Gasteiger partial charge in [-0.05, 0) is 30.9 Å². The second kappa shape index (κ2) is 5.39. The van der Waals surface area contributed by atoms with Crippen molar-refractivity contribution in [3.8, 4) is 11.3 Å².